The van der Waals surface area contributed by atoms with Crippen molar-refractivity contribution in [2.75, 3.05) is 26.4 Å². The highest BCUT2D eigenvalue weighted by Crippen LogP contribution is 2.17. The molecule has 0 spiro atoms. The molecular weight excluding hydrogens is 214 g/mol. The van der Waals surface area contributed by atoms with E-state index in [0.29, 0.717) is 0 Å². The van der Waals surface area contributed by atoms with Crippen LogP contribution in [0.1, 0.15) is 32.1 Å². The van der Waals surface area contributed by atoms with Gasteiger partial charge in [-0.05, 0) is 12.8 Å². The van der Waals surface area contributed by atoms with Crippen LogP contribution in [-0.2, 0) is 0 Å². The lowest BCUT2D eigenvalue weighted by molar-refractivity contribution is 0.180. The van der Waals surface area contributed by atoms with Gasteiger partial charge in [-0.2, -0.15) is 0 Å². The maximum absolute atomic E-state index is 12.2. The SMILES string of the molecule is O=C(NC1CCCCC1)N(CCF)CCF. The number of rotatable bonds is 5. The number of urea groups is 1. The summed E-state index contributed by atoms with van der Waals surface area (Å²) in [7, 11) is 0. The zero-order valence-corrected chi connectivity index (χ0v) is 9.55. The fourth-order valence-electron chi connectivity index (χ4n) is 2.03. The van der Waals surface area contributed by atoms with Crippen LogP contribution < -0.4 is 5.32 Å². The second-order valence-electron chi connectivity index (χ2n) is 4.15. The van der Waals surface area contributed by atoms with Crippen molar-refractivity contribution in [3.8, 4) is 0 Å². The molecule has 0 atom stereocenters. The normalized spacial score (nSPS) is 17.1. The van der Waals surface area contributed by atoms with Gasteiger partial charge in [-0.25, -0.2) is 13.6 Å². The van der Waals surface area contributed by atoms with Crippen LogP contribution in [0.3, 0.4) is 0 Å². The molecule has 3 nitrogen and oxygen atoms in total. The molecule has 1 saturated carbocycles. The Morgan fingerprint density at radius 2 is 1.69 bits per heavy atom. The topological polar surface area (TPSA) is 32.3 Å². The highest BCUT2D eigenvalue weighted by Gasteiger charge is 2.19. The number of nitrogens with one attached hydrogen (secondary N) is 1. The first-order valence-corrected chi connectivity index (χ1v) is 5.95. The Labute approximate surface area is 95.2 Å². The average molecular weight is 234 g/mol. The van der Waals surface area contributed by atoms with Crippen molar-refractivity contribution < 1.29 is 13.6 Å². The summed E-state index contributed by atoms with van der Waals surface area (Å²) in [5.41, 5.74) is 0. The summed E-state index contributed by atoms with van der Waals surface area (Å²) in [5.74, 6) is 0. The zero-order valence-electron chi connectivity index (χ0n) is 9.55. The van der Waals surface area contributed by atoms with Crippen LogP contribution in [0.4, 0.5) is 13.6 Å². The number of carbonyl (C=O) groups is 1. The second-order valence-corrected chi connectivity index (χ2v) is 4.15. The summed E-state index contributed by atoms with van der Waals surface area (Å²) < 4.78 is 24.3. The lowest BCUT2D eigenvalue weighted by Gasteiger charge is -2.27. The summed E-state index contributed by atoms with van der Waals surface area (Å²) in [4.78, 5) is 12.9. The molecule has 0 aromatic heterocycles. The number of hydrogen-bond donors (Lipinski definition) is 1. The molecule has 0 saturated heterocycles. The maximum atomic E-state index is 12.2. The van der Waals surface area contributed by atoms with Crippen molar-refractivity contribution in [2.45, 2.75) is 38.1 Å². The molecule has 0 aromatic carbocycles. The molecule has 1 aliphatic carbocycles. The fraction of sp³-hybridized carbons (Fsp3) is 0.909. The molecule has 0 unspecified atom stereocenters. The third-order valence-corrected chi connectivity index (χ3v) is 2.93. The minimum Gasteiger partial charge on any atom is -0.335 e. The van der Waals surface area contributed by atoms with Crippen LogP contribution in [-0.4, -0.2) is 43.4 Å². The summed E-state index contributed by atoms with van der Waals surface area (Å²) in [5, 5.41) is 2.84. The molecule has 0 heterocycles. The van der Waals surface area contributed by atoms with Gasteiger partial charge in [0.15, 0.2) is 0 Å². The quantitative estimate of drug-likeness (QED) is 0.777. The van der Waals surface area contributed by atoms with Crippen molar-refractivity contribution >= 4 is 6.03 Å². The van der Waals surface area contributed by atoms with Crippen molar-refractivity contribution in [1.29, 1.82) is 0 Å². The number of halogens is 2. The Bertz CT molecular complexity index is 202. The maximum Gasteiger partial charge on any atom is 0.317 e. The van der Waals surface area contributed by atoms with Gasteiger partial charge in [0.1, 0.15) is 13.3 Å². The lowest BCUT2D eigenvalue weighted by atomic mass is 9.96. The van der Waals surface area contributed by atoms with Crippen LogP contribution in [0.2, 0.25) is 0 Å². The summed E-state index contributed by atoms with van der Waals surface area (Å²) >= 11 is 0. The highest BCUT2D eigenvalue weighted by atomic mass is 19.1. The third kappa shape index (κ3) is 4.33. The zero-order chi connectivity index (χ0) is 11.8. The molecule has 5 heteroatoms. The minimum atomic E-state index is -0.627. The first kappa shape index (κ1) is 13.2. The van der Waals surface area contributed by atoms with Crippen LogP contribution in [0.15, 0.2) is 0 Å². The summed E-state index contributed by atoms with van der Waals surface area (Å²) in [6, 6.07) is -0.148. The second kappa shape index (κ2) is 7.41. The number of alkyl halides is 2. The van der Waals surface area contributed by atoms with Crippen LogP contribution >= 0.6 is 0 Å². The molecule has 1 fully saturated rings. The Morgan fingerprint density at radius 1 is 1.12 bits per heavy atom. The molecule has 0 radical (unpaired) electrons. The Kier molecular flexibility index (Phi) is 6.11. The van der Waals surface area contributed by atoms with Gasteiger partial charge in [-0.15, -0.1) is 0 Å². The van der Waals surface area contributed by atoms with Gasteiger partial charge in [0.25, 0.3) is 0 Å². The summed E-state index contributed by atoms with van der Waals surface area (Å²) in [6.07, 6.45) is 5.41. The Balaban J connectivity index is 2.34. The third-order valence-electron chi connectivity index (χ3n) is 2.93. The minimum absolute atomic E-state index is 0.0253. The van der Waals surface area contributed by atoms with E-state index in [2.05, 4.69) is 5.32 Å². The van der Waals surface area contributed by atoms with E-state index in [9.17, 15) is 13.6 Å². The molecular formula is C11H20F2N2O. The highest BCUT2D eigenvalue weighted by molar-refractivity contribution is 5.74. The monoisotopic (exact) mass is 234 g/mol. The lowest BCUT2D eigenvalue weighted by Crippen LogP contribution is -2.46. The van der Waals surface area contributed by atoms with Gasteiger partial charge in [-0.3, -0.25) is 0 Å². The molecule has 94 valence electrons. The Morgan fingerprint density at radius 3 is 2.19 bits per heavy atom. The first-order valence-electron chi connectivity index (χ1n) is 5.95. The fourth-order valence-corrected chi connectivity index (χ4v) is 2.03. The first-order chi connectivity index (χ1) is 7.77. The largest absolute Gasteiger partial charge is 0.335 e. The van der Waals surface area contributed by atoms with Crippen LogP contribution in [0, 0.1) is 0 Å². The van der Waals surface area contributed by atoms with Gasteiger partial charge in [0.05, 0.1) is 13.1 Å². The molecule has 2 amide bonds. The Hall–Kier alpha value is -0.870. The van der Waals surface area contributed by atoms with E-state index in [4.69, 9.17) is 0 Å². The van der Waals surface area contributed by atoms with Gasteiger partial charge < -0.3 is 10.2 Å². The number of hydrogen-bond acceptors (Lipinski definition) is 1. The van der Waals surface area contributed by atoms with Gasteiger partial charge in [-0.1, -0.05) is 19.3 Å². The molecule has 16 heavy (non-hydrogen) atoms. The van der Waals surface area contributed by atoms with Crippen LogP contribution in [0.5, 0.6) is 0 Å². The van der Waals surface area contributed by atoms with Crippen molar-refractivity contribution in [1.82, 2.24) is 10.2 Å². The van der Waals surface area contributed by atoms with E-state index in [1.807, 2.05) is 0 Å². The van der Waals surface area contributed by atoms with E-state index in [1.165, 1.54) is 11.3 Å². The van der Waals surface area contributed by atoms with E-state index >= 15 is 0 Å². The van der Waals surface area contributed by atoms with Gasteiger partial charge >= 0.3 is 6.03 Å². The standard InChI is InChI=1S/C11H20F2N2O/c12-6-8-15(9-7-13)11(16)14-10-4-2-1-3-5-10/h10H,1-9H2,(H,14,16). The predicted octanol–water partition coefficient (Wildman–Crippen LogP) is 2.27. The van der Waals surface area contributed by atoms with Crippen molar-refractivity contribution in [3.05, 3.63) is 0 Å². The van der Waals surface area contributed by atoms with Crippen molar-refractivity contribution in [3.63, 3.8) is 0 Å². The summed E-state index contributed by atoms with van der Waals surface area (Å²) in [6.45, 7) is -1.30. The average Bonchev–Trinajstić information content (AvgIpc) is 2.30. The molecule has 0 aliphatic heterocycles. The molecule has 1 aliphatic rings. The van der Waals surface area contributed by atoms with Gasteiger partial charge in [0.2, 0.25) is 0 Å². The van der Waals surface area contributed by atoms with Crippen LogP contribution in [0.25, 0.3) is 0 Å². The van der Waals surface area contributed by atoms with E-state index in [0.717, 1.165) is 25.7 Å². The molecule has 1 rings (SSSR count). The number of amides is 2. The van der Waals surface area contributed by atoms with E-state index in [1.54, 1.807) is 0 Å². The van der Waals surface area contributed by atoms with Gasteiger partial charge in [0, 0.05) is 6.04 Å². The van der Waals surface area contributed by atoms with E-state index < -0.39 is 13.3 Å². The molecule has 1 N–H and O–H groups in total. The molecule has 0 bridgehead atoms. The van der Waals surface area contributed by atoms with E-state index in [-0.39, 0.29) is 25.2 Å². The van der Waals surface area contributed by atoms with Crippen molar-refractivity contribution in [2.24, 2.45) is 0 Å². The molecule has 0 aromatic rings. The number of nitrogens with zero attached hydrogens (tertiary/aromatic N) is 1. The number of carbonyl (C=O) groups excluding carboxylic acids is 1. The smallest absolute Gasteiger partial charge is 0.317 e. The predicted molar refractivity (Wildman–Crippen MR) is 58.9 cm³/mol.